The van der Waals surface area contributed by atoms with Crippen LogP contribution in [0.15, 0.2) is 18.2 Å². The van der Waals surface area contributed by atoms with Gasteiger partial charge in [-0.25, -0.2) is 0 Å². The Labute approximate surface area is 113 Å². The van der Waals surface area contributed by atoms with E-state index in [9.17, 15) is 4.79 Å². The fourth-order valence-electron chi connectivity index (χ4n) is 2.68. The summed E-state index contributed by atoms with van der Waals surface area (Å²) < 4.78 is 0. The average molecular weight is 267 g/mol. The highest BCUT2D eigenvalue weighted by Crippen LogP contribution is 2.28. The highest BCUT2D eigenvalue weighted by atomic mass is 35.5. The van der Waals surface area contributed by atoms with Crippen LogP contribution in [-0.2, 0) is 0 Å². The molecule has 1 aliphatic heterocycles. The number of likely N-dealkylation sites (tertiary alicyclic amines) is 1. The van der Waals surface area contributed by atoms with Gasteiger partial charge in [0.2, 0.25) is 0 Å². The highest BCUT2D eigenvalue weighted by Gasteiger charge is 2.30. The number of hydrogen-bond acceptors (Lipinski definition) is 2. The van der Waals surface area contributed by atoms with E-state index in [0.717, 1.165) is 12.8 Å². The Morgan fingerprint density at radius 1 is 1.33 bits per heavy atom. The summed E-state index contributed by atoms with van der Waals surface area (Å²) >= 11 is 5.97. The van der Waals surface area contributed by atoms with Crippen molar-refractivity contribution in [2.24, 2.45) is 0 Å². The zero-order valence-electron chi connectivity index (χ0n) is 10.8. The molecule has 1 aromatic carbocycles. The minimum Gasteiger partial charge on any atom is -0.397 e. The molecule has 0 aliphatic carbocycles. The van der Waals surface area contributed by atoms with Crippen LogP contribution in [0, 0.1) is 0 Å². The van der Waals surface area contributed by atoms with E-state index in [0.29, 0.717) is 16.3 Å². The van der Waals surface area contributed by atoms with Crippen LogP contribution in [0.3, 0.4) is 0 Å². The van der Waals surface area contributed by atoms with Crippen molar-refractivity contribution in [3.63, 3.8) is 0 Å². The van der Waals surface area contributed by atoms with E-state index < -0.39 is 0 Å². The Bertz CT molecular complexity index is 451. The minimum absolute atomic E-state index is 0.00491. The molecule has 2 unspecified atom stereocenters. The maximum atomic E-state index is 12.6. The summed E-state index contributed by atoms with van der Waals surface area (Å²) in [5.41, 5.74) is 6.80. The summed E-state index contributed by atoms with van der Waals surface area (Å²) in [6, 6.07) is 5.75. The summed E-state index contributed by atoms with van der Waals surface area (Å²) in [4.78, 5) is 14.5. The van der Waals surface area contributed by atoms with Gasteiger partial charge in [-0.15, -0.1) is 0 Å². The topological polar surface area (TPSA) is 46.3 Å². The monoisotopic (exact) mass is 266 g/mol. The van der Waals surface area contributed by atoms with Crippen LogP contribution >= 0.6 is 11.6 Å². The van der Waals surface area contributed by atoms with E-state index in [1.54, 1.807) is 18.2 Å². The lowest BCUT2D eigenvalue weighted by Gasteiger charge is -2.39. The van der Waals surface area contributed by atoms with Gasteiger partial charge in [-0.05, 0) is 45.2 Å². The van der Waals surface area contributed by atoms with Gasteiger partial charge in [0.25, 0.3) is 5.91 Å². The molecule has 2 N–H and O–H groups in total. The molecule has 1 fully saturated rings. The number of nitrogens with zero attached hydrogens (tertiary/aromatic N) is 1. The molecule has 0 saturated carbocycles. The molecule has 98 valence electrons. The molecular formula is C14H19ClN2O. The maximum absolute atomic E-state index is 12.6. The van der Waals surface area contributed by atoms with Gasteiger partial charge in [0.15, 0.2) is 0 Å². The van der Waals surface area contributed by atoms with Gasteiger partial charge < -0.3 is 10.6 Å². The number of nitrogens with two attached hydrogens (primary N) is 1. The second kappa shape index (κ2) is 5.19. The molecule has 1 aromatic rings. The third-order valence-corrected chi connectivity index (χ3v) is 4.04. The number of rotatable bonds is 1. The SMILES string of the molecule is CC1CCCC(C)N1C(=O)c1cccc(Cl)c1N. The lowest BCUT2D eigenvalue weighted by Crippen LogP contribution is -2.47. The van der Waals surface area contributed by atoms with Gasteiger partial charge in [0.1, 0.15) is 0 Å². The standard InChI is InChI=1S/C14H19ClN2O/c1-9-5-3-6-10(2)17(9)14(18)11-7-4-8-12(15)13(11)16/h4,7-10H,3,5-6,16H2,1-2H3. The number of amides is 1. The van der Waals surface area contributed by atoms with Crippen molar-refractivity contribution >= 4 is 23.2 Å². The van der Waals surface area contributed by atoms with Gasteiger partial charge in [0.05, 0.1) is 16.3 Å². The van der Waals surface area contributed by atoms with E-state index in [1.807, 2.05) is 4.90 Å². The minimum atomic E-state index is -0.00491. The molecule has 1 aliphatic rings. The first-order chi connectivity index (χ1) is 8.52. The molecule has 18 heavy (non-hydrogen) atoms. The molecular weight excluding hydrogens is 248 g/mol. The van der Waals surface area contributed by atoms with Crippen molar-refractivity contribution < 1.29 is 4.79 Å². The number of benzene rings is 1. The second-order valence-corrected chi connectivity index (χ2v) is 5.45. The summed E-state index contributed by atoms with van der Waals surface area (Å²) in [6.07, 6.45) is 3.28. The lowest BCUT2D eigenvalue weighted by molar-refractivity contribution is 0.0512. The first kappa shape index (κ1) is 13.2. The van der Waals surface area contributed by atoms with E-state index in [4.69, 9.17) is 17.3 Å². The van der Waals surface area contributed by atoms with Crippen molar-refractivity contribution in [3.05, 3.63) is 28.8 Å². The number of anilines is 1. The Morgan fingerprint density at radius 3 is 2.56 bits per heavy atom. The predicted molar refractivity (Wildman–Crippen MR) is 74.8 cm³/mol. The summed E-state index contributed by atoms with van der Waals surface area (Å²) in [5.74, 6) is -0.00491. The number of hydrogen-bond donors (Lipinski definition) is 1. The van der Waals surface area contributed by atoms with Gasteiger partial charge in [-0.2, -0.15) is 0 Å². The maximum Gasteiger partial charge on any atom is 0.256 e. The normalized spacial score (nSPS) is 24.1. The molecule has 3 nitrogen and oxygen atoms in total. The van der Waals surface area contributed by atoms with E-state index in [1.165, 1.54) is 6.42 Å². The number of piperidine rings is 1. The van der Waals surface area contributed by atoms with Crippen molar-refractivity contribution in [2.45, 2.75) is 45.2 Å². The lowest BCUT2D eigenvalue weighted by atomic mass is 9.96. The summed E-state index contributed by atoms with van der Waals surface area (Å²) in [6.45, 7) is 4.18. The Morgan fingerprint density at radius 2 is 1.94 bits per heavy atom. The van der Waals surface area contributed by atoms with E-state index in [-0.39, 0.29) is 18.0 Å². The molecule has 0 aromatic heterocycles. The highest BCUT2D eigenvalue weighted by molar-refractivity contribution is 6.33. The zero-order valence-corrected chi connectivity index (χ0v) is 11.6. The van der Waals surface area contributed by atoms with Gasteiger partial charge >= 0.3 is 0 Å². The van der Waals surface area contributed by atoms with Crippen LogP contribution in [0.5, 0.6) is 0 Å². The van der Waals surface area contributed by atoms with Crippen molar-refractivity contribution in [2.75, 3.05) is 5.73 Å². The van der Waals surface area contributed by atoms with Gasteiger partial charge in [-0.3, -0.25) is 4.79 Å². The number of nitrogen functional groups attached to an aromatic ring is 1. The smallest absolute Gasteiger partial charge is 0.256 e. The number of carbonyl (C=O) groups is 1. The van der Waals surface area contributed by atoms with Crippen molar-refractivity contribution in [1.29, 1.82) is 0 Å². The van der Waals surface area contributed by atoms with E-state index >= 15 is 0 Å². The number of carbonyl (C=O) groups excluding carboxylic acids is 1. The molecule has 0 radical (unpaired) electrons. The molecule has 1 saturated heterocycles. The van der Waals surface area contributed by atoms with Gasteiger partial charge in [0, 0.05) is 12.1 Å². The third kappa shape index (κ3) is 2.32. The van der Waals surface area contributed by atoms with Crippen LogP contribution in [0.1, 0.15) is 43.5 Å². The van der Waals surface area contributed by atoms with Gasteiger partial charge in [-0.1, -0.05) is 17.7 Å². The zero-order chi connectivity index (χ0) is 13.3. The van der Waals surface area contributed by atoms with Crippen LogP contribution in [-0.4, -0.2) is 22.9 Å². The molecule has 2 rings (SSSR count). The predicted octanol–water partition coefficient (Wildman–Crippen LogP) is 3.33. The Balaban J connectivity index is 2.32. The van der Waals surface area contributed by atoms with E-state index in [2.05, 4.69) is 13.8 Å². The molecule has 0 bridgehead atoms. The molecule has 4 heteroatoms. The Kier molecular flexibility index (Phi) is 3.81. The van der Waals surface area contributed by atoms with Crippen LogP contribution < -0.4 is 5.73 Å². The van der Waals surface area contributed by atoms with Crippen LogP contribution in [0.25, 0.3) is 0 Å². The second-order valence-electron chi connectivity index (χ2n) is 5.04. The quantitative estimate of drug-likeness (QED) is 0.793. The van der Waals surface area contributed by atoms with Crippen LogP contribution in [0.2, 0.25) is 5.02 Å². The first-order valence-electron chi connectivity index (χ1n) is 6.39. The summed E-state index contributed by atoms with van der Waals surface area (Å²) in [5, 5.41) is 0.443. The fourth-order valence-corrected chi connectivity index (χ4v) is 2.86. The number of para-hydroxylation sites is 1. The molecule has 0 spiro atoms. The molecule has 2 atom stereocenters. The Hall–Kier alpha value is -1.22. The fraction of sp³-hybridized carbons (Fsp3) is 0.500. The summed E-state index contributed by atoms with van der Waals surface area (Å²) in [7, 11) is 0. The molecule has 1 amide bonds. The molecule has 1 heterocycles. The largest absolute Gasteiger partial charge is 0.397 e. The first-order valence-corrected chi connectivity index (χ1v) is 6.76. The number of halogens is 1. The van der Waals surface area contributed by atoms with Crippen LogP contribution in [0.4, 0.5) is 5.69 Å². The third-order valence-electron chi connectivity index (χ3n) is 3.71. The average Bonchev–Trinajstić information content (AvgIpc) is 2.32. The van der Waals surface area contributed by atoms with Crippen molar-refractivity contribution in [1.82, 2.24) is 4.90 Å². The van der Waals surface area contributed by atoms with Crippen molar-refractivity contribution in [3.8, 4) is 0 Å².